The molecule has 0 radical (unpaired) electrons. The molecule has 1 aromatic rings. The van der Waals surface area contributed by atoms with Crippen molar-refractivity contribution >= 4 is 0 Å². The molecule has 0 aliphatic heterocycles. The summed E-state index contributed by atoms with van der Waals surface area (Å²) in [5, 5.41) is 0. The van der Waals surface area contributed by atoms with Gasteiger partial charge in [0.1, 0.15) is 0 Å². The van der Waals surface area contributed by atoms with Crippen molar-refractivity contribution < 1.29 is 0 Å². The molecule has 2 nitrogen and oxygen atoms in total. The van der Waals surface area contributed by atoms with Gasteiger partial charge < -0.3 is 10.6 Å². The van der Waals surface area contributed by atoms with Gasteiger partial charge in [-0.25, -0.2) is 0 Å². The third-order valence-corrected chi connectivity index (χ3v) is 3.12. The summed E-state index contributed by atoms with van der Waals surface area (Å²) in [7, 11) is 2.17. The predicted molar refractivity (Wildman–Crippen MR) is 70.5 cm³/mol. The molecule has 90 valence electrons. The van der Waals surface area contributed by atoms with Crippen LogP contribution in [0.3, 0.4) is 0 Å². The maximum atomic E-state index is 5.86. The van der Waals surface area contributed by atoms with E-state index in [2.05, 4.69) is 56.1 Å². The lowest BCUT2D eigenvalue weighted by Crippen LogP contribution is -2.35. The summed E-state index contributed by atoms with van der Waals surface area (Å²) in [5.74, 6) is 0.556. The van der Waals surface area contributed by atoms with E-state index < -0.39 is 0 Å². The molecule has 0 aromatic heterocycles. The Kier molecular flexibility index (Phi) is 5.50. The fourth-order valence-electron chi connectivity index (χ4n) is 1.71. The molecule has 2 N–H and O–H groups in total. The van der Waals surface area contributed by atoms with E-state index in [1.54, 1.807) is 0 Å². The van der Waals surface area contributed by atoms with Gasteiger partial charge in [0.05, 0.1) is 0 Å². The number of rotatable bonds is 6. The summed E-state index contributed by atoms with van der Waals surface area (Å²) in [6.45, 7) is 6.46. The lowest BCUT2D eigenvalue weighted by molar-refractivity contribution is 0.271. The summed E-state index contributed by atoms with van der Waals surface area (Å²) in [6.07, 6.45) is 1.11. The Hall–Kier alpha value is -0.860. The fraction of sp³-hybridized carbons (Fsp3) is 0.571. The highest BCUT2D eigenvalue weighted by Gasteiger charge is 2.10. The second kappa shape index (κ2) is 6.66. The Labute approximate surface area is 99.5 Å². The van der Waals surface area contributed by atoms with Gasteiger partial charge in [-0.05, 0) is 31.9 Å². The lowest BCUT2D eigenvalue weighted by atomic mass is 10.0. The molecule has 1 rings (SSSR count). The SMILES string of the molecule is CC(N)C(C)CN(C)CCc1ccccc1. The normalized spacial score (nSPS) is 15.1. The van der Waals surface area contributed by atoms with Gasteiger partial charge in [0, 0.05) is 19.1 Å². The molecule has 0 spiro atoms. The van der Waals surface area contributed by atoms with Crippen LogP contribution in [0.4, 0.5) is 0 Å². The van der Waals surface area contributed by atoms with Crippen LogP contribution >= 0.6 is 0 Å². The fourth-order valence-corrected chi connectivity index (χ4v) is 1.71. The van der Waals surface area contributed by atoms with Crippen molar-refractivity contribution in [3.8, 4) is 0 Å². The number of nitrogens with zero attached hydrogens (tertiary/aromatic N) is 1. The highest BCUT2D eigenvalue weighted by Crippen LogP contribution is 2.04. The first-order valence-electron chi connectivity index (χ1n) is 6.07. The van der Waals surface area contributed by atoms with E-state index in [1.807, 2.05) is 0 Å². The predicted octanol–water partition coefficient (Wildman–Crippen LogP) is 2.14. The highest BCUT2D eigenvalue weighted by atomic mass is 15.1. The Morgan fingerprint density at radius 1 is 1.19 bits per heavy atom. The third kappa shape index (κ3) is 4.77. The molecule has 0 saturated carbocycles. The topological polar surface area (TPSA) is 29.3 Å². The maximum Gasteiger partial charge on any atom is 0.00483 e. The van der Waals surface area contributed by atoms with Crippen LogP contribution in [0.1, 0.15) is 19.4 Å². The summed E-state index contributed by atoms with van der Waals surface area (Å²) >= 11 is 0. The van der Waals surface area contributed by atoms with E-state index in [4.69, 9.17) is 5.73 Å². The first-order chi connectivity index (χ1) is 7.59. The molecule has 0 bridgehead atoms. The molecule has 2 heteroatoms. The monoisotopic (exact) mass is 220 g/mol. The number of hydrogen-bond acceptors (Lipinski definition) is 2. The number of nitrogens with two attached hydrogens (primary N) is 1. The van der Waals surface area contributed by atoms with Crippen LogP contribution in [0, 0.1) is 5.92 Å². The summed E-state index contributed by atoms with van der Waals surface area (Å²) in [5.41, 5.74) is 7.27. The van der Waals surface area contributed by atoms with Crippen LogP contribution in [-0.2, 0) is 6.42 Å². The smallest absolute Gasteiger partial charge is 0.00483 e. The summed E-state index contributed by atoms with van der Waals surface area (Å²) in [6, 6.07) is 10.9. The highest BCUT2D eigenvalue weighted by molar-refractivity contribution is 5.14. The largest absolute Gasteiger partial charge is 0.328 e. The molecular weight excluding hydrogens is 196 g/mol. The molecule has 1 aromatic carbocycles. The Morgan fingerprint density at radius 3 is 2.38 bits per heavy atom. The van der Waals surface area contributed by atoms with E-state index in [-0.39, 0.29) is 6.04 Å². The second-order valence-electron chi connectivity index (χ2n) is 4.83. The van der Waals surface area contributed by atoms with Gasteiger partial charge in [0.2, 0.25) is 0 Å². The summed E-state index contributed by atoms with van der Waals surface area (Å²) in [4.78, 5) is 2.36. The number of likely N-dealkylation sites (N-methyl/N-ethyl adjacent to an activating group) is 1. The van der Waals surface area contributed by atoms with E-state index in [0.29, 0.717) is 5.92 Å². The molecule has 0 aliphatic rings. The van der Waals surface area contributed by atoms with Crippen molar-refractivity contribution in [2.75, 3.05) is 20.1 Å². The average Bonchev–Trinajstić information content (AvgIpc) is 2.27. The Balaban J connectivity index is 2.28. The van der Waals surface area contributed by atoms with Crippen molar-refractivity contribution in [2.45, 2.75) is 26.3 Å². The molecule has 2 atom stereocenters. The molecular formula is C14H24N2. The van der Waals surface area contributed by atoms with Crippen LogP contribution < -0.4 is 5.73 Å². The van der Waals surface area contributed by atoms with Gasteiger partial charge in [-0.3, -0.25) is 0 Å². The maximum absolute atomic E-state index is 5.86. The first kappa shape index (κ1) is 13.2. The van der Waals surface area contributed by atoms with Gasteiger partial charge in [0.15, 0.2) is 0 Å². The van der Waals surface area contributed by atoms with Crippen LogP contribution in [0.15, 0.2) is 30.3 Å². The average molecular weight is 220 g/mol. The van der Waals surface area contributed by atoms with Gasteiger partial charge in [-0.1, -0.05) is 37.3 Å². The van der Waals surface area contributed by atoms with Crippen molar-refractivity contribution in [1.29, 1.82) is 0 Å². The van der Waals surface area contributed by atoms with Gasteiger partial charge in [-0.15, -0.1) is 0 Å². The minimum Gasteiger partial charge on any atom is -0.328 e. The molecule has 2 unspecified atom stereocenters. The lowest BCUT2D eigenvalue weighted by Gasteiger charge is -2.23. The standard InChI is InChI=1S/C14H24N2/c1-12(13(2)15)11-16(3)10-9-14-7-5-4-6-8-14/h4-8,12-13H,9-11,15H2,1-3H3. The van der Waals surface area contributed by atoms with Crippen molar-refractivity contribution in [3.63, 3.8) is 0 Å². The number of hydrogen-bond donors (Lipinski definition) is 1. The van der Waals surface area contributed by atoms with E-state index >= 15 is 0 Å². The molecule has 0 amide bonds. The zero-order valence-corrected chi connectivity index (χ0v) is 10.7. The minimum atomic E-state index is 0.277. The third-order valence-electron chi connectivity index (χ3n) is 3.12. The van der Waals surface area contributed by atoms with Crippen molar-refractivity contribution in [3.05, 3.63) is 35.9 Å². The van der Waals surface area contributed by atoms with E-state index in [1.165, 1.54) is 5.56 Å². The Bertz CT molecular complexity index is 282. The minimum absolute atomic E-state index is 0.277. The molecule has 0 aliphatic carbocycles. The summed E-state index contributed by atoms with van der Waals surface area (Å²) < 4.78 is 0. The molecule has 0 saturated heterocycles. The van der Waals surface area contributed by atoms with Gasteiger partial charge in [0.25, 0.3) is 0 Å². The molecule has 0 fully saturated rings. The van der Waals surface area contributed by atoms with Crippen LogP contribution in [0.25, 0.3) is 0 Å². The van der Waals surface area contributed by atoms with E-state index in [9.17, 15) is 0 Å². The number of benzene rings is 1. The molecule has 16 heavy (non-hydrogen) atoms. The van der Waals surface area contributed by atoms with Crippen LogP contribution in [-0.4, -0.2) is 31.1 Å². The van der Waals surface area contributed by atoms with Crippen LogP contribution in [0.5, 0.6) is 0 Å². The van der Waals surface area contributed by atoms with Crippen molar-refractivity contribution in [1.82, 2.24) is 4.90 Å². The van der Waals surface area contributed by atoms with E-state index in [0.717, 1.165) is 19.5 Å². The zero-order valence-electron chi connectivity index (χ0n) is 10.7. The van der Waals surface area contributed by atoms with Gasteiger partial charge >= 0.3 is 0 Å². The van der Waals surface area contributed by atoms with Crippen LogP contribution in [0.2, 0.25) is 0 Å². The first-order valence-corrected chi connectivity index (χ1v) is 6.07. The van der Waals surface area contributed by atoms with Crippen molar-refractivity contribution in [2.24, 2.45) is 11.7 Å². The molecule has 0 heterocycles. The quantitative estimate of drug-likeness (QED) is 0.796. The second-order valence-corrected chi connectivity index (χ2v) is 4.83. The Morgan fingerprint density at radius 2 is 1.81 bits per heavy atom. The zero-order chi connectivity index (χ0) is 12.0. The van der Waals surface area contributed by atoms with Gasteiger partial charge in [-0.2, -0.15) is 0 Å².